The third kappa shape index (κ3) is 2.30. The van der Waals surface area contributed by atoms with Crippen molar-refractivity contribution in [2.24, 2.45) is 22.7 Å². The molecule has 114 valence electrons. The van der Waals surface area contributed by atoms with Gasteiger partial charge in [-0.05, 0) is 42.9 Å². The Balaban J connectivity index is 2.18. The number of allylic oxidation sites excluding steroid dienone is 1. The smallest absolute Gasteiger partial charge is 0.302 e. The van der Waals surface area contributed by atoms with Gasteiger partial charge in [0, 0.05) is 12.3 Å². The average molecular weight is 280 g/mol. The first-order chi connectivity index (χ1) is 9.21. The SMILES string of the molecule is C=C1C2CCC(C)C1(C)CCC2(C)C(O)COC(C)=O. The van der Waals surface area contributed by atoms with Gasteiger partial charge in [0.2, 0.25) is 0 Å². The second-order valence-corrected chi connectivity index (χ2v) is 7.30. The highest BCUT2D eigenvalue weighted by molar-refractivity contribution is 5.65. The quantitative estimate of drug-likeness (QED) is 0.637. The molecule has 0 aromatic heterocycles. The van der Waals surface area contributed by atoms with Crippen LogP contribution in [0.15, 0.2) is 12.2 Å². The molecule has 5 atom stereocenters. The molecule has 0 aromatic rings. The highest BCUT2D eigenvalue weighted by atomic mass is 16.5. The number of carbonyl (C=O) groups is 1. The van der Waals surface area contributed by atoms with Crippen LogP contribution in [0.5, 0.6) is 0 Å². The Labute approximate surface area is 122 Å². The van der Waals surface area contributed by atoms with E-state index < -0.39 is 6.10 Å². The number of aliphatic hydroxyl groups is 1. The molecule has 3 nitrogen and oxygen atoms in total. The summed E-state index contributed by atoms with van der Waals surface area (Å²) < 4.78 is 5.02. The van der Waals surface area contributed by atoms with Crippen molar-refractivity contribution in [2.75, 3.05) is 6.61 Å². The molecule has 2 fully saturated rings. The third-order valence-electron chi connectivity index (χ3n) is 6.31. The second kappa shape index (κ2) is 5.18. The van der Waals surface area contributed by atoms with Crippen molar-refractivity contribution in [2.45, 2.75) is 59.5 Å². The predicted octanol–water partition coefficient (Wildman–Crippen LogP) is 3.32. The summed E-state index contributed by atoms with van der Waals surface area (Å²) in [7, 11) is 0. The van der Waals surface area contributed by atoms with Gasteiger partial charge in [-0.25, -0.2) is 0 Å². The van der Waals surface area contributed by atoms with E-state index in [1.54, 1.807) is 0 Å². The molecule has 0 spiro atoms. The molecule has 5 unspecified atom stereocenters. The van der Waals surface area contributed by atoms with Crippen LogP contribution in [-0.4, -0.2) is 23.8 Å². The largest absolute Gasteiger partial charge is 0.463 e. The molecule has 0 aliphatic heterocycles. The number of ether oxygens (including phenoxy) is 1. The highest BCUT2D eigenvalue weighted by Crippen LogP contribution is 2.61. The molecule has 2 bridgehead atoms. The molecule has 0 radical (unpaired) electrons. The summed E-state index contributed by atoms with van der Waals surface area (Å²) in [5, 5.41) is 10.5. The molecule has 0 saturated heterocycles. The van der Waals surface area contributed by atoms with Crippen molar-refractivity contribution < 1.29 is 14.6 Å². The molecule has 2 saturated carbocycles. The summed E-state index contributed by atoms with van der Waals surface area (Å²) in [5.41, 5.74) is 1.29. The van der Waals surface area contributed by atoms with Crippen molar-refractivity contribution in [1.82, 2.24) is 0 Å². The van der Waals surface area contributed by atoms with E-state index in [1.165, 1.54) is 18.9 Å². The standard InChI is InChI=1S/C17H28O3/c1-11-6-7-14-12(2)16(11,4)8-9-17(14,5)15(19)10-20-13(3)18/h11,14-15,19H,2,6-10H2,1,3-5H3. The fourth-order valence-corrected chi connectivity index (χ4v) is 4.25. The van der Waals surface area contributed by atoms with E-state index in [-0.39, 0.29) is 23.4 Å². The van der Waals surface area contributed by atoms with E-state index in [4.69, 9.17) is 4.74 Å². The van der Waals surface area contributed by atoms with Crippen molar-refractivity contribution in [3.63, 3.8) is 0 Å². The maximum Gasteiger partial charge on any atom is 0.302 e. The fourth-order valence-electron chi connectivity index (χ4n) is 4.25. The highest BCUT2D eigenvalue weighted by Gasteiger charge is 2.54. The zero-order valence-corrected chi connectivity index (χ0v) is 13.2. The van der Waals surface area contributed by atoms with E-state index in [2.05, 4.69) is 27.4 Å². The summed E-state index contributed by atoms with van der Waals surface area (Å²) in [4.78, 5) is 11.0. The number of carbonyl (C=O) groups excluding carboxylic acids is 1. The van der Waals surface area contributed by atoms with E-state index in [9.17, 15) is 9.90 Å². The molecule has 0 amide bonds. The zero-order chi connectivity index (χ0) is 15.1. The maximum absolute atomic E-state index is 11.0. The minimum Gasteiger partial charge on any atom is -0.463 e. The Hall–Kier alpha value is -0.830. The number of esters is 1. The van der Waals surface area contributed by atoms with Crippen LogP contribution in [0.25, 0.3) is 0 Å². The van der Waals surface area contributed by atoms with Crippen LogP contribution in [0.4, 0.5) is 0 Å². The van der Waals surface area contributed by atoms with Crippen LogP contribution in [0, 0.1) is 22.7 Å². The van der Waals surface area contributed by atoms with E-state index in [1.807, 2.05) is 0 Å². The Morgan fingerprint density at radius 3 is 2.70 bits per heavy atom. The average Bonchev–Trinajstić information content (AvgIpc) is 2.38. The van der Waals surface area contributed by atoms with Gasteiger partial charge in [0.05, 0.1) is 6.10 Å². The van der Waals surface area contributed by atoms with Crippen molar-refractivity contribution in [1.29, 1.82) is 0 Å². The predicted molar refractivity (Wildman–Crippen MR) is 79.1 cm³/mol. The van der Waals surface area contributed by atoms with Crippen LogP contribution in [0.1, 0.15) is 53.4 Å². The van der Waals surface area contributed by atoms with Crippen molar-refractivity contribution in [3.05, 3.63) is 12.2 Å². The summed E-state index contributed by atoms with van der Waals surface area (Å²) >= 11 is 0. The number of hydrogen-bond acceptors (Lipinski definition) is 3. The lowest BCUT2D eigenvalue weighted by molar-refractivity contribution is -0.150. The first-order valence-electron chi connectivity index (χ1n) is 7.72. The van der Waals surface area contributed by atoms with Crippen LogP contribution in [0.3, 0.4) is 0 Å². The number of fused-ring (bicyclic) bond motifs is 2. The Morgan fingerprint density at radius 1 is 1.45 bits per heavy atom. The fraction of sp³-hybridized carbons (Fsp3) is 0.824. The van der Waals surface area contributed by atoms with Gasteiger partial charge in [-0.15, -0.1) is 0 Å². The Kier molecular flexibility index (Phi) is 4.03. The summed E-state index contributed by atoms with van der Waals surface area (Å²) in [6.07, 6.45) is 3.71. The van der Waals surface area contributed by atoms with Gasteiger partial charge in [0.15, 0.2) is 0 Å². The Morgan fingerprint density at radius 2 is 2.10 bits per heavy atom. The topological polar surface area (TPSA) is 46.5 Å². The normalized spacial score (nSPS) is 42.1. The van der Waals surface area contributed by atoms with Gasteiger partial charge < -0.3 is 9.84 Å². The summed E-state index contributed by atoms with van der Waals surface area (Å²) in [6.45, 7) is 12.6. The monoisotopic (exact) mass is 280 g/mol. The molecule has 0 aromatic carbocycles. The van der Waals surface area contributed by atoms with E-state index in [0.717, 1.165) is 19.3 Å². The molecule has 1 N–H and O–H groups in total. The second-order valence-electron chi connectivity index (χ2n) is 7.30. The molecule has 3 heteroatoms. The molecule has 2 aliphatic carbocycles. The van der Waals surface area contributed by atoms with Crippen LogP contribution < -0.4 is 0 Å². The van der Waals surface area contributed by atoms with Gasteiger partial charge in [-0.1, -0.05) is 32.9 Å². The molecular formula is C17H28O3. The molecule has 2 rings (SSSR count). The van der Waals surface area contributed by atoms with E-state index in [0.29, 0.717) is 11.8 Å². The van der Waals surface area contributed by atoms with Gasteiger partial charge in [0.25, 0.3) is 0 Å². The van der Waals surface area contributed by atoms with Crippen LogP contribution in [0.2, 0.25) is 0 Å². The lowest BCUT2D eigenvalue weighted by atomic mass is 9.47. The van der Waals surface area contributed by atoms with Gasteiger partial charge in [-0.3, -0.25) is 4.79 Å². The minimum absolute atomic E-state index is 0.0991. The van der Waals surface area contributed by atoms with Crippen molar-refractivity contribution >= 4 is 5.97 Å². The number of aliphatic hydroxyl groups excluding tert-OH is 1. The lowest BCUT2D eigenvalue weighted by Gasteiger charge is -2.58. The lowest BCUT2D eigenvalue weighted by Crippen LogP contribution is -2.53. The number of rotatable bonds is 3. The molecule has 2 aliphatic rings. The van der Waals surface area contributed by atoms with Gasteiger partial charge in [-0.2, -0.15) is 0 Å². The van der Waals surface area contributed by atoms with Crippen molar-refractivity contribution in [3.8, 4) is 0 Å². The first kappa shape index (κ1) is 15.6. The summed E-state index contributed by atoms with van der Waals surface area (Å²) in [5.74, 6) is 0.675. The van der Waals surface area contributed by atoms with Crippen LogP contribution in [-0.2, 0) is 9.53 Å². The van der Waals surface area contributed by atoms with Gasteiger partial charge >= 0.3 is 5.97 Å². The zero-order valence-electron chi connectivity index (χ0n) is 13.2. The maximum atomic E-state index is 11.0. The first-order valence-corrected chi connectivity index (χ1v) is 7.72. The minimum atomic E-state index is -0.605. The summed E-state index contributed by atoms with van der Waals surface area (Å²) in [6, 6.07) is 0. The van der Waals surface area contributed by atoms with Gasteiger partial charge in [0.1, 0.15) is 6.61 Å². The molecule has 20 heavy (non-hydrogen) atoms. The van der Waals surface area contributed by atoms with E-state index >= 15 is 0 Å². The molecular weight excluding hydrogens is 252 g/mol. The van der Waals surface area contributed by atoms with Crippen LogP contribution >= 0.6 is 0 Å². The number of hydrogen-bond donors (Lipinski definition) is 1. The third-order valence-corrected chi connectivity index (χ3v) is 6.31. The molecule has 0 heterocycles. The Bertz CT molecular complexity index is 416.